The largest absolute Gasteiger partial charge is 0.383 e. The molecule has 0 aromatic heterocycles. The van der Waals surface area contributed by atoms with Gasteiger partial charge in [0.15, 0.2) is 3.79 Å². The fourth-order valence-corrected chi connectivity index (χ4v) is 3.47. The number of hydrogen-bond acceptors (Lipinski definition) is 4. The molecule has 0 saturated carbocycles. The molecule has 5 nitrogen and oxygen atoms in total. The van der Waals surface area contributed by atoms with Gasteiger partial charge in [0.25, 0.3) is 0 Å². The molecular formula is C13H18Cl3NO4S. The lowest BCUT2D eigenvalue weighted by molar-refractivity contribution is -0.0147. The molecule has 1 atom stereocenters. The number of aliphatic hydroxyl groups is 1. The standard InChI is InChI=1S/C13H18Cl3NO4S/c1-10(2)17-22(19,20)21-9-12(18,8-13(14,15)16)11-6-4-3-5-7-11/h3-7,10,17-18H,8-9H2,1-2H3/t12-/m0/s1. The number of nitrogens with one attached hydrogen (secondary N) is 1. The number of halogens is 3. The summed E-state index contributed by atoms with van der Waals surface area (Å²) in [5.41, 5.74) is -1.38. The molecule has 9 heteroatoms. The molecule has 0 unspecified atom stereocenters. The highest BCUT2D eigenvalue weighted by Gasteiger charge is 2.39. The molecule has 0 aliphatic heterocycles. The van der Waals surface area contributed by atoms with Gasteiger partial charge in [0.1, 0.15) is 12.2 Å². The molecule has 2 N–H and O–H groups in total. The van der Waals surface area contributed by atoms with E-state index in [-0.39, 0.29) is 12.5 Å². The van der Waals surface area contributed by atoms with E-state index in [1.807, 2.05) is 0 Å². The summed E-state index contributed by atoms with van der Waals surface area (Å²) in [4.78, 5) is 0. The molecule has 1 aromatic carbocycles. The molecule has 0 aliphatic rings. The van der Waals surface area contributed by atoms with Crippen LogP contribution < -0.4 is 4.72 Å². The van der Waals surface area contributed by atoms with Gasteiger partial charge in [-0.3, -0.25) is 4.18 Å². The Morgan fingerprint density at radius 3 is 2.23 bits per heavy atom. The van der Waals surface area contributed by atoms with Crippen molar-refractivity contribution in [2.75, 3.05) is 6.61 Å². The highest BCUT2D eigenvalue weighted by atomic mass is 35.6. The topological polar surface area (TPSA) is 75.6 Å². The fourth-order valence-electron chi connectivity index (χ4n) is 1.81. The molecular weight excluding hydrogens is 373 g/mol. The van der Waals surface area contributed by atoms with Gasteiger partial charge in [-0.05, 0) is 19.4 Å². The third-order valence-corrected chi connectivity index (χ3v) is 4.23. The summed E-state index contributed by atoms with van der Waals surface area (Å²) in [5, 5.41) is 10.7. The van der Waals surface area contributed by atoms with Crippen LogP contribution in [0.25, 0.3) is 0 Å². The normalized spacial score (nSPS) is 15.8. The summed E-state index contributed by atoms with van der Waals surface area (Å²) in [6.07, 6.45) is -0.328. The van der Waals surface area contributed by atoms with Crippen molar-refractivity contribution in [1.82, 2.24) is 4.72 Å². The van der Waals surface area contributed by atoms with Crippen molar-refractivity contribution in [3.63, 3.8) is 0 Å². The van der Waals surface area contributed by atoms with Crippen molar-refractivity contribution in [1.29, 1.82) is 0 Å². The second-order valence-corrected chi connectivity index (χ2v) is 9.07. The molecule has 0 spiro atoms. The van der Waals surface area contributed by atoms with Gasteiger partial charge >= 0.3 is 10.3 Å². The van der Waals surface area contributed by atoms with Crippen LogP contribution in [-0.2, 0) is 20.1 Å². The Labute approximate surface area is 145 Å². The van der Waals surface area contributed by atoms with Gasteiger partial charge < -0.3 is 5.11 Å². The summed E-state index contributed by atoms with van der Waals surface area (Å²) < 4.78 is 28.8. The third kappa shape index (κ3) is 7.00. The summed E-state index contributed by atoms with van der Waals surface area (Å²) >= 11 is 17.3. The lowest BCUT2D eigenvalue weighted by Gasteiger charge is -2.31. The SMILES string of the molecule is CC(C)NS(=O)(=O)OC[C@@](O)(CC(Cl)(Cl)Cl)c1ccccc1. The molecule has 1 aromatic rings. The minimum atomic E-state index is -4.02. The van der Waals surface area contributed by atoms with E-state index >= 15 is 0 Å². The smallest absolute Gasteiger partial charge is 0.336 e. The highest BCUT2D eigenvalue weighted by Crippen LogP contribution is 2.40. The maximum absolute atomic E-state index is 11.7. The zero-order valence-corrected chi connectivity index (χ0v) is 15.2. The van der Waals surface area contributed by atoms with Gasteiger partial charge in [-0.2, -0.15) is 13.1 Å². The summed E-state index contributed by atoms with van der Waals surface area (Å²) in [5.74, 6) is 0. The zero-order chi connectivity index (χ0) is 17.0. The quantitative estimate of drug-likeness (QED) is 0.702. The molecule has 0 radical (unpaired) electrons. The summed E-state index contributed by atoms with van der Waals surface area (Å²) in [6, 6.07) is 7.96. The van der Waals surface area contributed by atoms with E-state index in [0.717, 1.165) is 0 Å². The van der Waals surface area contributed by atoms with E-state index < -0.39 is 26.3 Å². The fraction of sp³-hybridized carbons (Fsp3) is 0.538. The lowest BCUT2D eigenvalue weighted by atomic mass is 9.92. The third-order valence-electron chi connectivity index (χ3n) is 2.64. The summed E-state index contributed by atoms with van der Waals surface area (Å²) in [6.45, 7) is 2.71. The van der Waals surface area contributed by atoms with Crippen LogP contribution in [0.2, 0.25) is 0 Å². The Balaban J connectivity index is 2.98. The van der Waals surface area contributed by atoms with Crippen molar-refractivity contribution in [2.24, 2.45) is 0 Å². The van der Waals surface area contributed by atoms with Crippen LogP contribution in [0.1, 0.15) is 25.8 Å². The van der Waals surface area contributed by atoms with Gasteiger partial charge in [-0.25, -0.2) is 0 Å². The van der Waals surface area contributed by atoms with Crippen molar-refractivity contribution in [3.8, 4) is 0 Å². The molecule has 0 heterocycles. The Bertz CT molecular complexity index is 575. The van der Waals surface area contributed by atoms with Gasteiger partial charge in [0, 0.05) is 12.5 Å². The molecule has 0 fully saturated rings. The second kappa shape index (κ2) is 7.66. The van der Waals surface area contributed by atoms with Gasteiger partial charge in [0.2, 0.25) is 0 Å². The van der Waals surface area contributed by atoms with E-state index in [9.17, 15) is 13.5 Å². The van der Waals surface area contributed by atoms with Crippen molar-refractivity contribution in [2.45, 2.75) is 35.7 Å². The van der Waals surface area contributed by atoms with Gasteiger partial charge in [-0.15, -0.1) is 0 Å². The van der Waals surface area contributed by atoms with E-state index in [4.69, 9.17) is 39.0 Å². The predicted molar refractivity (Wildman–Crippen MR) is 88.4 cm³/mol. The van der Waals surface area contributed by atoms with Crippen LogP contribution in [0.5, 0.6) is 0 Å². The molecule has 22 heavy (non-hydrogen) atoms. The minimum absolute atomic E-state index is 0.328. The van der Waals surface area contributed by atoms with Crippen LogP contribution in [0.15, 0.2) is 30.3 Å². The lowest BCUT2D eigenvalue weighted by Crippen LogP contribution is -2.40. The molecule has 0 aliphatic carbocycles. The molecule has 0 bridgehead atoms. The predicted octanol–water partition coefficient (Wildman–Crippen LogP) is 2.89. The number of benzene rings is 1. The summed E-state index contributed by atoms with van der Waals surface area (Å²) in [7, 11) is -4.02. The number of alkyl halides is 3. The number of rotatable bonds is 7. The van der Waals surface area contributed by atoms with E-state index in [1.54, 1.807) is 44.2 Å². The Hall–Kier alpha value is -0.0800. The maximum atomic E-state index is 11.7. The first-order valence-corrected chi connectivity index (χ1v) is 8.99. The van der Waals surface area contributed by atoms with Gasteiger partial charge in [-0.1, -0.05) is 65.1 Å². The molecule has 126 valence electrons. The Morgan fingerprint density at radius 1 is 1.23 bits per heavy atom. The molecule has 1 rings (SSSR count). The first-order chi connectivity index (χ1) is 9.94. The van der Waals surface area contributed by atoms with Crippen LogP contribution in [0.3, 0.4) is 0 Å². The van der Waals surface area contributed by atoms with Crippen LogP contribution in [-0.4, -0.2) is 30.0 Å². The highest BCUT2D eigenvalue weighted by molar-refractivity contribution is 7.84. The average Bonchev–Trinajstić information content (AvgIpc) is 2.34. The van der Waals surface area contributed by atoms with Crippen molar-refractivity contribution in [3.05, 3.63) is 35.9 Å². The first-order valence-electron chi connectivity index (χ1n) is 6.45. The van der Waals surface area contributed by atoms with Crippen LogP contribution in [0.4, 0.5) is 0 Å². The monoisotopic (exact) mass is 389 g/mol. The number of hydrogen-bond donors (Lipinski definition) is 2. The Morgan fingerprint density at radius 2 is 1.77 bits per heavy atom. The van der Waals surface area contributed by atoms with Crippen molar-refractivity contribution >= 4 is 45.1 Å². The Kier molecular flexibility index (Phi) is 6.95. The van der Waals surface area contributed by atoms with E-state index in [0.29, 0.717) is 5.56 Å². The zero-order valence-electron chi connectivity index (χ0n) is 12.1. The van der Waals surface area contributed by atoms with Crippen LogP contribution >= 0.6 is 34.8 Å². The molecule has 0 amide bonds. The van der Waals surface area contributed by atoms with Crippen molar-refractivity contribution < 1.29 is 17.7 Å². The van der Waals surface area contributed by atoms with Gasteiger partial charge in [0.05, 0.1) is 0 Å². The first kappa shape index (κ1) is 20.0. The van der Waals surface area contributed by atoms with Crippen LogP contribution in [0, 0.1) is 0 Å². The maximum Gasteiger partial charge on any atom is 0.336 e. The minimum Gasteiger partial charge on any atom is -0.383 e. The van der Waals surface area contributed by atoms with E-state index in [2.05, 4.69) is 4.72 Å². The average molecular weight is 391 g/mol. The molecule has 0 saturated heterocycles. The second-order valence-electron chi connectivity index (χ2n) is 5.18. The van der Waals surface area contributed by atoms with E-state index in [1.165, 1.54) is 0 Å².